The van der Waals surface area contributed by atoms with Gasteiger partial charge < -0.3 is 5.11 Å². The fourth-order valence-electron chi connectivity index (χ4n) is 4.44. The van der Waals surface area contributed by atoms with Gasteiger partial charge in [-0.1, -0.05) is 18.9 Å². The summed E-state index contributed by atoms with van der Waals surface area (Å²) in [5, 5.41) is 13.9. The summed E-state index contributed by atoms with van der Waals surface area (Å²) < 4.78 is 2.96. The van der Waals surface area contributed by atoms with Crippen LogP contribution in [0.5, 0.6) is 0 Å². The van der Waals surface area contributed by atoms with E-state index in [1.165, 1.54) is 15.5 Å². The third kappa shape index (κ3) is 2.53. The molecule has 1 N–H and O–H groups in total. The number of fused-ring (bicyclic) bond motifs is 2. The van der Waals surface area contributed by atoms with Crippen LogP contribution in [0, 0.1) is 5.92 Å². The first kappa shape index (κ1) is 15.4. The molecule has 7 nitrogen and oxygen atoms in total. The highest BCUT2D eigenvalue weighted by molar-refractivity contribution is 5.74. The van der Waals surface area contributed by atoms with Gasteiger partial charge in [-0.15, -0.1) is 5.10 Å². The standard InChI is InChI=1S/C17H22N4O3/c22-16(23)14-11-12-5-1-2-6-13(12)19(14)9-10-21-17(24)20-8-4-3-7-15(20)18-21/h3-4,7-8,12-14H,1-2,5-6,9-11H2,(H,22,23)/t12-,13-,14+/m1/s1. The van der Waals surface area contributed by atoms with Crippen LogP contribution >= 0.6 is 0 Å². The molecule has 0 radical (unpaired) electrons. The van der Waals surface area contributed by atoms with Crippen LogP contribution in [0.3, 0.4) is 0 Å². The van der Waals surface area contributed by atoms with E-state index in [9.17, 15) is 14.7 Å². The fraction of sp³-hybridized carbons (Fsp3) is 0.588. The maximum atomic E-state index is 12.4. The maximum Gasteiger partial charge on any atom is 0.350 e. The van der Waals surface area contributed by atoms with Gasteiger partial charge in [-0.2, -0.15) is 0 Å². The van der Waals surface area contributed by atoms with Gasteiger partial charge in [0, 0.05) is 18.8 Å². The first-order valence-corrected chi connectivity index (χ1v) is 8.68. The van der Waals surface area contributed by atoms with E-state index in [1.807, 2.05) is 6.07 Å². The van der Waals surface area contributed by atoms with Gasteiger partial charge in [0.2, 0.25) is 0 Å². The number of hydrogen-bond acceptors (Lipinski definition) is 4. The van der Waals surface area contributed by atoms with Crippen LogP contribution in [-0.2, 0) is 11.3 Å². The molecule has 128 valence electrons. The Bertz CT molecular complexity index is 812. The molecule has 1 aliphatic heterocycles. The Morgan fingerprint density at radius 1 is 1.25 bits per heavy atom. The van der Waals surface area contributed by atoms with E-state index in [1.54, 1.807) is 18.3 Å². The van der Waals surface area contributed by atoms with E-state index < -0.39 is 12.0 Å². The molecule has 0 unspecified atom stereocenters. The second-order valence-corrected chi connectivity index (χ2v) is 6.87. The molecule has 2 fully saturated rings. The highest BCUT2D eigenvalue weighted by Crippen LogP contribution is 2.39. The molecule has 7 heteroatoms. The summed E-state index contributed by atoms with van der Waals surface area (Å²) in [7, 11) is 0. The molecule has 2 aromatic rings. The Balaban J connectivity index is 1.55. The Morgan fingerprint density at radius 2 is 2.08 bits per heavy atom. The van der Waals surface area contributed by atoms with E-state index in [2.05, 4.69) is 10.00 Å². The average molecular weight is 330 g/mol. The molecule has 1 saturated heterocycles. The predicted molar refractivity (Wildman–Crippen MR) is 87.9 cm³/mol. The number of aromatic nitrogens is 3. The van der Waals surface area contributed by atoms with Crippen LogP contribution in [0.25, 0.3) is 5.65 Å². The SMILES string of the molecule is O=C(O)[C@@H]1C[C@H]2CCCC[C@H]2N1CCn1nc2ccccn2c1=O. The van der Waals surface area contributed by atoms with Crippen molar-refractivity contribution < 1.29 is 9.90 Å². The van der Waals surface area contributed by atoms with Crippen LogP contribution in [0.1, 0.15) is 32.1 Å². The fourth-order valence-corrected chi connectivity index (χ4v) is 4.44. The third-order valence-corrected chi connectivity index (χ3v) is 5.56. The van der Waals surface area contributed by atoms with Crippen LogP contribution in [-0.4, -0.2) is 48.8 Å². The Hall–Kier alpha value is -2.15. The molecule has 2 aromatic heterocycles. The smallest absolute Gasteiger partial charge is 0.350 e. The van der Waals surface area contributed by atoms with Gasteiger partial charge in [-0.05, 0) is 37.3 Å². The zero-order valence-corrected chi connectivity index (χ0v) is 13.5. The largest absolute Gasteiger partial charge is 0.480 e. The number of hydrogen-bond donors (Lipinski definition) is 1. The molecule has 0 bridgehead atoms. The second kappa shape index (κ2) is 6.05. The summed E-state index contributed by atoms with van der Waals surface area (Å²) in [6.07, 6.45) is 6.99. The summed E-state index contributed by atoms with van der Waals surface area (Å²) in [6.45, 7) is 0.982. The number of rotatable bonds is 4. The van der Waals surface area contributed by atoms with Crippen molar-refractivity contribution in [2.45, 2.75) is 50.7 Å². The lowest BCUT2D eigenvalue weighted by Gasteiger charge is -2.32. The number of carboxylic acid groups (broad SMARTS) is 1. The zero-order chi connectivity index (χ0) is 16.7. The van der Waals surface area contributed by atoms with Crippen molar-refractivity contribution >= 4 is 11.6 Å². The van der Waals surface area contributed by atoms with Crippen LogP contribution in [0.2, 0.25) is 0 Å². The average Bonchev–Trinajstić information content (AvgIpc) is 3.12. The molecule has 0 aromatic carbocycles. The molecular formula is C17H22N4O3. The number of carboxylic acids is 1. The Kier molecular flexibility index (Phi) is 3.88. The molecule has 1 saturated carbocycles. The van der Waals surface area contributed by atoms with Crippen molar-refractivity contribution in [2.75, 3.05) is 6.54 Å². The van der Waals surface area contributed by atoms with E-state index >= 15 is 0 Å². The lowest BCUT2D eigenvalue weighted by molar-refractivity contribution is -0.142. The number of carbonyl (C=O) groups is 1. The molecule has 3 atom stereocenters. The van der Waals surface area contributed by atoms with Gasteiger partial charge in [-0.25, -0.2) is 9.48 Å². The van der Waals surface area contributed by atoms with Crippen molar-refractivity contribution in [3.05, 3.63) is 34.9 Å². The molecule has 2 aliphatic rings. The number of nitrogens with zero attached hydrogens (tertiary/aromatic N) is 4. The molecule has 3 heterocycles. The number of likely N-dealkylation sites (tertiary alicyclic amines) is 1. The second-order valence-electron chi connectivity index (χ2n) is 6.87. The molecule has 0 spiro atoms. The van der Waals surface area contributed by atoms with Crippen molar-refractivity contribution in [2.24, 2.45) is 5.92 Å². The van der Waals surface area contributed by atoms with Gasteiger partial charge in [0.15, 0.2) is 5.65 Å². The maximum absolute atomic E-state index is 12.4. The van der Waals surface area contributed by atoms with Gasteiger partial charge in [0.1, 0.15) is 6.04 Å². The first-order chi connectivity index (χ1) is 11.6. The molecule has 4 rings (SSSR count). The first-order valence-electron chi connectivity index (χ1n) is 8.68. The Morgan fingerprint density at radius 3 is 2.88 bits per heavy atom. The quantitative estimate of drug-likeness (QED) is 0.911. The van der Waals surface area contributed by atoms with E-state index in [4.69, 9.17) is 0 Å². The van der Waals surface area contributed by atoms with Crippen LogP contribution < -0.4 is 5.69 Å². The van der Waals surface area contributed by atoms with Crippen LogP contribution in [0.15, 0.2) is 29.2 Å². The third-order valence-electron chi connectivity index (χ3n) is 5.56. The van der Waals surface area contributed by atoms with Gasteiger partial charge in [-0.3, -0.25) is 14.1 Å². The minimum atomic E-state index is -0.744. The summed E-state index contributed by atoms with van der Waals surface area (Å²) in [6, 6.07) is 5.36. The van der Waals surface area contributed by atoms with Crippen LogP contribution in [0.4, 0.5) is 0 Å². The van der Waals surface area contributed by atoms with Gasteiger partial charge >= 0.3 is 11.7 Å². The lowest BCUT2D eigenvalue weighted by atomic mass is 9.85. The van der Waals surface area contributed by atoms with E-state index in [-0.39, 0.29) is 5.69 Å². The summed E-state index contributed by atoms with van der Waals surface area (Å²) >= 11 is 0. The van der Waals surface area contributed by atoms with E-state index in [0.29, 0.717) is 30.7 Å². The highest BCUT2D eigenvalue weighted by atomic mass is 16.4. The number of aliphatic carboxylic acids is 1. The monoisotopic (exact) mass is 330 g/mol. The zero-order valence-electron chi connectivity index (χ0n) is 13.5. The van der Waals surface area contributed by atoms with Crippen molar-refractivity contribution in [1.29, 1.82) is 0 Å². The minimum absolute atomic E-state index is 0.170. The summed E-state index contributed by atoms with van der Waals surface area (Å²) in [5.41, 5.74) is 0.450. The topological polar surface area (TPSA) is 79.8 Å². The molecule has 24 heavy (non-hydrogen) atoms. The normalized spacial score (nSPS) is 27.4. The van der Waals surface area contributed by atoms with Crippen molar-refractivity contribution in [3.8, 4) is 0 Å². The highest BCUT2D eigenvalue weighted by Gasteiger charge is 2.44. The van der Waals surface area contributed by atoms with Crippen molar-refractivity contribution in [3.63, 3.8) is 0 Å². The van der Waals surface area contributed by atoms with Gasteiger partial charge in [0.05, 0.1) is 6.54 Å². The van der Waals surface area contributed by atoms with E-state index in [0.717, 1.165) is 25.7 Å². The van der Waals surface area contributed by atoms with Gasteiger partial charge in [0.25, 0.3) is 0 Å². The Labute approximate surface area is 139 Å². The minimum Gasteiger partial charge on any atom is -0.480 e. The molecule has 1 aliphatic carbocycles. The summed E-state index contributed by atoms with van der Waals surface area (Å²) in [5.74, 6) is -0.260. The number of pyridine rings is 1. The summed E-state index contributed by atoms with van der Waals surface area (Å²) in [4.78, 5) is 26.1. The predicted octanol–water partition coefficient (Wildman–Crippen LogP) is 1.21. The molecular weight excluding hydrogens is 308 g/mol. The lowest BCUT2D eigenvalue weighted by Crippen LogP contribution is -2.44. The molecule has 0 amide bonds. The van der Waals surface area contributed by atoms with Crippen molar-refractivity contribution in [1.82, 2.24) is 19.1 Å².